The summed E-state index contributed by atoms with van der Waals surface area (Å²) in [5.41, 5.74) is -2.85. The van der Waals surface area contributed by atoms with Crippen LogP contribution in [0.25, 0.3) is 0 Å². The summed E-state index contributed by atoms with van der Waals surface area (Å²) in [6.07, 6.45) is -9.61. The van der Waals surface area contributed by atoms with E-state index in [9.17, 15) is 26.3 Å². The van der Waals surface area contributed by atoms with Crippen molar-refractivity contribution in [3.63, 3.8) is 0 Å². The van der Waals surface area contributed by atoms with E-state index in [4.69, 9.17) is 0 Å². The molecular formula is C8H3BrF6Zn. The Morgan fingerprint density at radius 1 is 0.875 bits per heavy atom. The summed E-state index contributed by atoms with van der Waals surface area (Å²) in [7, 11) is 0. The average Bonchev–Trinajstić information content (AvgIpc) is 2.18. The van der Waals surface area contributed by atoms with Crippen LogP contribution in [0.1, 0.15) is 11.1 Å². The fourth-order valence-electron chi connectivity index (χ4n) is 0.800. The summed E-state index contributed by atoms with van der Waals surface area (Å²) in [5, 5.41) is 0. The molecule has 0 fully saturated rings. The SMILES string of the molecule is FC(F)(F)c1[c-]c(C(F)(F)F)ccc1.[Zn+][Br]. The molecule has 16 heavy (non-hydrogen) atoms. The van der Waals surface area contributed by atoms with Crippen molar-refractivity contribution in [3.8, 4) is 0 Å². The summed E-state index contributed by atoms with van der Waals surface area (Å²) in [5.74, 6) is 0. The summed E-state index contributed by atoms with van der Waals surface area (Å²) in [4.78, 5) is 0. The second-order valence-electron chi connectivity index (χ2n) is 2.47. The van der Waals surface area contributed by atoms with E-state index >= 15 is 0 Å². The van der Waals surface area contributed by atoms with Crippen LogP contribution in [0.5, 0.6) is 0 Å². The van der Waals surface area contributed by atoms with Crippen LogP contribution in [0.15, 0.2) is 18.2 Å². The second-order valence-corrected chi connectivity index (χ2v) is 2.47. The maximum absolute atomic E-state index is 12.0. The first-order chi connectivity index (χ1) is 7.21. The zero-order valence-corrected chi connectivity index (χ0v) is 12.1. The molecular weight excluding hydrogens is 355 g/mol. The zero-order chi connectivity index (χ0) is 13.0. The Morgan fingerprint density at radius 3 is 1.44 bits per heavy atom. The van der Waals surface area contributed by atoms with Gasteiger partial charge in [-0.2, -0.15) is 50.6 Å². The van der Waals surface area contributed by atoms with Gasteiger partial charge in [0, 0.05) is 0 Å². The minimum atomic E-state index is -4.80. The molecule has 0 aromatic heterocycles. The Hall–Kier alpha value is -0.0966. The monoisotopic (exact) mass is 356 g/mol. The number of rotatable bonds is 0. The summed E-state index contributed by atoms with van der Waals surface area (Å²) < 4.78 is 71.7. The third-order valence-corrected chi connectivity index (χ3v) is 1.41. The Morgan fingerprint density at radius 2 is 1.19 bits per heavy atom. The molecule has 0 heterocycles. The van der Waals surface area contributed by atoms with Crippen molar-refractivity contribution in [2.24, 2.45) is 0 Å². The average molecular weight is 358 g/mol. The number of halogens is 7. The van der Waals surface area contributed by atoms with Crippen LogP contribution in [0.3, 0.4) is 0 Å². The van der Waals surface area contributed by atoms with Crippen LogP contribution in [-0.2, 0) is 28.7 Å². The van der Waals surface area contributed by atoms with Gasteiger partial charge in [0.25, 0.3) is 0 Å². The molecule has 0 saturated carbocycles. The predicted octanol–water partition coefficient (Wildman–Crippen LogP) is 4.37. The van der Waals surface area contributed by atoms with E-state index in [-0.39, 0.29) is 0 Å². The number of alkyl halides is 6. The molecule has 0 aliphatic carbocycles. The van der Waals surface area contributed by atoms with Gasteiger partial charge in [0.1, 0.15) is 0 Å². The third kappa shape index (κ3) is 4.83. The van der Waals surface area contributed by atoms with Gasteiger partial charge in [-0.25, -0.2) is 0 Å². The van der Waals surface area contributed by atoms with Crippen molar-refractivity contribution in [1.82, 2.24) is 0 Å². The van der Waals surface area contributed by atoms with Gasteiger partial charge in [0.2, 0.25) is 0 Å². The summed E-state index contributed by atoms with van der Waals surface area (Å²) in [6, 6.07) is 3.04. The van der Waals surface area contributed by atoms with Crippen LogP contribution < -0.4 is 0 Å². The fraction of sp³-hybridized carbons (Fsp3) is 0.250. The second kappa shape index (κ2) is 6.00. The van der Waals surface area contributed by atoms with E-state index in [1.54, 1.807) is 0 Å². The molecule has 0 unspecified atom stereocenters. The minimum absolute atomic E-state index is 0.537. The van der Waals surface area contributed by atoms with Crippen molar-refractivity contribution < 1.29 is 42.7 Å². The van der Waals surface area contributed by atoms with Crippen LogP contribution in [0, 0.1) is 6.07 Å². The molecule has 0 atom stereocenters. The van der Waals surface area contributed by atoms with Crippen molar-refractivity contribution in [2.45, 2.75) is 12.4 Å². The molecule has 0 radical (unpaired) electrons. The van der Waals surface area contributed by atoms with E-state index in [0.717, 1.165) is 0 Å². The first-order valence-corrected chi connectivity index (χ1v) is 10.6. The summed E-state index contributed by atoms with van der Waals surface area (Å²) in [6.45, 7) is 0. The van der Waals surface area contributed by atoms with Crippen LogP contribution in [-0.4, -0.2) is 0 Å². The number of benzene rings is 1. The molecule has 0 amide bonds. The molecule has 0 nitrogen and oxygen atoms in total. The van der Waals surface area contributed by atoms with Gasteiger partial charge in [0.15, 0.2) is 0 Å². The van der Waals surface area contributed by atoms with Crippen LogP contribution >= 0.6 is 13.6 Å². The molecule has 0 aliphatic heterocycles. The molecule has 1 rings (SSSR count). The van der Waals surface area contributed by atoms with E-state index in [2.05, 4.69) is 13.6 Å². The van der Waals surface area contributed by atoms with Gasteiger partial charge in [-0.15, -0.1) is 0 Å². The molecule has 0 N–H and O–H groups in total. The van der Waals surface area contributed by atoms with Crippen LogP contribution in [0.4, 0.5) is 26.3 Å². The molecule has 86 valence electrons. The molecule has 1 aromatic rings. The van der Waals surface area contributed by atoms with Gasteiger partial charge >= 0.3 is 42.3 Å². The van der Waals surface area contributed by atoms with Crippen LogP contribution in [0.2, 0.25) is 0 Å². The first-order valence-electron chi connectivity index (χ1n) is 3.65. The van der Waals surface area contributed by atoms with Gasteiger partial charge in [-0.3, -0.25) is 0 Å². The normalized spacial score (nSPS) is 11.8. The van der Waals surface area contributed by atoms with Crippen molar-refractivity contribution in [2.75, 3.05) is 0 Å². The van der Waals surface area contributed by atoms with E-state index < -0.39 is 23.5 Å². The van der Waals surface area contributed by atoms with Gasteiger partial charge in [-0.1, -0.05) is 11.1 Å². The Labute approximate surface area is 104 Å². The summed E-state index contributed by atoms with van der Waals surface area (Å²) >= 11 is 4.25. The van der Waals surface area contributed by atoms with E-state index in [1.807, 2.05) is 0 Å². The van der Waals surface area contributed by atoms with Gasteiger partial charge in [-0.05, 0) is 0 Å². The molecule has 0 aliphatic rings. The predicted molar refractivity (Wildman–Crippen MR) is 44.2 cm³/mol. The van der Waals surface area contributed by atoms with Crippen molar-refractivity contribution >= 4 is 13.6 Å². The Bertz CT molecular complexity index is 303. The Balaban J connectivity index is 0.00000106. The molecule has 0 spiro atoms. The Kier molecular flexibility index (Phi) is 5.97. The standard InChI is InChI=1S/C8H3F6.BrH.Zn/c9-7(10,11)5-2-1-3-6(4-5)8(12,13)14;;/h1-3H;1H;/q-1;;+2/p-1. The quantitative estimate of drug-likeness (QED) is 0.367. The first kappa shape index (κ1) is 15.9. The van der Waals surface area contributed by atoms with Gasteiger partial charge in [0.05, 0.1) is 0 Å². The van der Waals surface area contributed by atoms with Gasteiger partial charge < -0.3 is 0 Å². The van der Waals surface area contributed by atoms with E-state index in [0.29, 0.717) is 18.2 Å². The van der Waals surface area contributed by atoms with E-state index in [1.165, 1.54) is 22.4 Å². The third-order valence-electron chi connectivity index (χ3n) is 1.41. The maximum atomic E-state index is 12.0. The zero-order valence-electron chi connectivity index (χ0n) is 7.58. The van der Waals surface area contributed by atoms with Crippen molar-refractivity contribution in [3.05, 3.63) is 35.4 Å². The molecule has 0 saturated heterocycles. The number of hydrogen-bond donors (Lipinski definition) is 0. The topological polar surface area (TPSA) is 0 Å². The van der Waals surface area contributed by atoms with Crippen molar-refractivity contribution in [1.29, 1.82) is 0 Å². The number of hydrogen-bond acceptors (Lipinski definition) is 0. The fourth-order valence-corrected chi connectivity index (χ4v) is 0.800. The molecule has 0 bridgehead atoms. The molecule has 1 aromatic carbocycles. The molecule has 8 heteroatoms.